The van der Waals surface area contributed by atoms with Gasteiger partial charge in [-0.05, 0) is 45.4 Å². The van der Waals surface area contributed by atoms with Crippen LogP contribution in [0.15, 0.2) is 85.1 Å². The van der Waals surface area contributed by atoms with Crippen molar-refractivity contribution in [1.82, 2.24) is 5.32 Å². The number of aliphatic hydroxyl groups excluding tert-OH is 7. The second-order valence-corrected chi connectivity index (χ2v) is 19.0. The first-order valence-corrected chi connectivity index (χ1v) is 23.9. The second kappa shape index (κ2) is 28.3. The summed E-state index contributed by atoms with van der Waals surface area (Å²) in [5, 5.41) is 89.9. The molecule has 16 atom stereocenters. The molecule has 2 bridgehead atoms. The quantitative estimate of drug-likeness (QED) is 0.180. The molecule has 1 saturated carbocycles. The number of amides is 1. The van der Waals surface area contributed by atoms with Gasteiger partial charge < -0.3 is 76.6 Å². The molecule has 3 heterocycles. The van der Waals surface area contributed by atoms with Gasteiger partial charge in [0.1, 0.15) is 6.10 Å². The highest BCUT2D eigenvalue weighted by Crippen LogP contribution is 2.38. The van der Waals surface area contributed by atoms with Crippen molar-refractivity contribution >= 4 is 11.9 Å². The SMILES string of the molecule is C[C@@H]1OC(=O)CC(O)CC(O)CCC(O)C(O)CC(O)CC2(O)CCC(C(=O)N[C@H]3C[C@H](N)C3)[C@H](CC(O[C@H]3C[C@@H](N)C(O)CO3)/C=C/C=C/C=C/C=C/C=C/C=C/C=C/[C@H](C)C(O)[C@H]1C)O2. The number of hydrogen-bond acceptors (Lipinski definition) is 16. The van der Waals surface area contributed by atoms with Crippen molar-refractivity contribution < 1.29 is 69.4 Å². The third kappa shape index (κ3) is 19.9. The number of rotatable bonds is 4. The maximum absolute atomic E-state index is 13.8. The lowest BCUT2D eigenvalue weighted by molar-refractivity contribution is -0.283. The largest absolute Gasteiger partial charge is 0.462 e. The van der Waals surface area contributed by atoms with E-state index in [9.17, 15) is 50.4 Å². The molecule has 0 radical (unpaired) electrons. The number of cyclic esters (lactones) is 1. The van der Waals surface area contributed by atoms with Crippen LogP contribution in [-0.2, 0) is 28.5 Å². The highest BCUT2D eigenvalue weighted by molar-refractivity contribution is 5.79. The highest BCUT2D eigenvalue weighted by atomic mass is 16.7. The van der Waals surface area contributed by atoms with E-state index < -0.39 is 103 Å². The van der Waals surface area contributed by atoms with Crippen molar-refractivity contribution in [2.45, 2.75) is 189 Å². The van der Waals surface area contributed by atoms with Crippen molar-refractivity contribution in [3.8, 4) is 0 Å². The van der Waals surface area contributed by atoms with Gasteiger partial charge >= 0.3 is 5.97 Å². The van der Waals surface area contributed by atoms with Gasteiger partial charge in [0.25, 0.3) is 0 Å². The normalized spacial score (nSPS) is 44.3. The zero-order valence-corrected chi connectivity index (χ0v) is 39.3. The molecule has 1 aliphatic carbocycles. The third-order valence-corrected chi connectivity index (χ3v) is 13.1. The Bertz CT molecular complexity index is 1720. The van der Waals surface area contributed by atoms with Crippen molar-refractivity contribution in [3.05, 3.63) is 85.1 Å². The summed E-state index contributed by atoms with van der Waals surface area (Å²) in [5.74, 6) is -4.28. The van der Waals surface area contributed by atoms with Gasteiger partial charge in [0, 0.05) is 62.1 Å². The molecule has 3 aliphatic heterocycles. The van der Waals surface area contributed by atoms with Crippen LogP contribution in [0.1, 0.15) is 97.8 Å². The summed E-state index contributed by atoms with van der Waals surface area (Å²) in [6, 6.07) is -0.672. The Morgan fingerprint density at radius 1 is 0.716 bits per heavy atom. The summed E-state index contributed by atoms with van der Waals surface area (Å²) in [7, 11) is 0. The number of ether oxygens (including phenoxy) is 4. The maximum Gasteiger partial charge on any atom is 0.308 e. The van der Waals surface area contributed by atoms with Gasteiger partial charge in [0.05, 0.1) is 73.9 Å². The van der Waals surface area contributed by atoms with E-state index >= 15 is 0 Å². The summed E-state index contributed by atoms with van der Waals surface area (Å²) in [5.41, 5.74) is 12.1. The fourth-order valence-electron chi connectivity index (χ4n) is 8.67. The molecule has 17 nitrogen and oxygen atoms in total. The minimum absolute atomic E-state index is 0.00132. The lowest BCUT2D eigenvalue weighted by Gasteiger charge is -2.44. The zero-order valence-electron chi connectivity index (χ0n) is 39.3. The number of carbonyl (C=O) groups excluding carboxylic acids is 2. The van der Waals surface area contributed by atoms with Crippen molar-refractivity contribution in [2.24, 2.45) is 29.2 Å². The van der Waals surface area contributed by atoms with Gasteiger partial charge in [0.15, 0.2) is 12.1 Å². The van der Waals surface area contributed by atoms with Crippen LogP contribution in [0.3, 0.4) is 0 Å². The summed E-state index contributed by atoms with van der Waals surface area (Å²) >= 11 is 0. The van der Waals surface area contributed by atoms with Crippen LogP contribution in [0.2, 0.25) is 0 Å². The average molecular weight is 946 g/mol. The Labute approximate surface area is 395 Å². The molecule has 4 rings (SSSR count). The Morgan fingerprint density at radius 3 is 1.94 bits per heavy atom. The first kappa shape index (κ1) is 56.2. The molecule has 10 unspecified atom stereocenters. The van der Waals surface area contributed by atoms with Crippen LogP contribution in [0.4, 0.5) is 0 Å². The maximum atomic E-state index is 13.8. The monoisotopic (exact) mass is 946 g/mol. The summed E-state index contributed by atoms with van der Waals surface area (Å²) in [6.07, 6.45) is 14.6. The number of hydrogen-bond donors (Lipinski definition) is 11. The van der Waals surface area contributed by atoms with Gasteiger partial charge in [-0.25, -0.2) is 0 Å². The molecule has 13 N–H and O–H groups in total. The molecule has 2 saturated heterocycles. The van der Waals surface area contributed by atoms with E-state index in [1.54, 1.807) is 32.1 Å². The molecule has 0 aromatic rings. The summed E-state index contributed by atoms with van der Waals surface area (Å²) in [4.78, 5) is 26.4. The number of allylic oxidation sites excluding steroid dienone is 12. The molecular weight excluding hydrogens is 867 g/mol. The topological polar surface area (TPSA) is 297 Å². The van der Waals surface area contributed by atoms with E-state index in [0.717, 1.165) is 0 Å². The average Bonchev–Trinajstić information content (AvgIpc) is 3.24. The first-order chi connectivity index (χ1) is 31.8. The molecule has 0 aromatic carbocycles. The summed E-state index contributed by atoms with van der Waals surface area (Å²) < 4.78 is 23.9. The highest BCUT2D eigenvalue weighted by Gasteiger charge is 2.46. The zero-order chi connectivity index (χ0) is 49.1. The molecule has 378 valence electrons. The number of fused-ring (bicyclic) bond motifs is 2. The predicted molar refractivity (Wildman–Crippen MR) is 251 cm³/mol. The van der Waals surface area contributed by atoms with Crippen LogP contribution >= 0.6 is 0 Å². The standard InChI is InChI=1S/C50H79N3O14/c1-31-16-14-12-10-8-6-4-5-7-9-11-13-15-17-39(66-47-28-41(52)44(59)30-64-47)27-45-40(49(62)53-35-22-34(51)23-35)20-21-50(63,67-45)29-38(56)25-43(58)42(57)19-18-36(54)24-37(55)26-46(60)65-33(3)32(2)48(31)61/h4-17,31-45,47-48,54-59,61,63H,18-30,51-52H2,1-3H3,(H,53,62)/b5-4+,8-6+,9-7+,12-10+,13-11+,16-14+,17-15+/t31-,32-,33-,34-,35-,36?,37?,38?,39?,40?,41+,42?,43?,44?,45-,47-,48?,50?/m0/s1. The number of nitrogens with one attached hydrogen (secondary N) is 1. The van der Waals surface area contributed by atoms with E-state index in [2.05, 4.69) is 5.32 Å². The number of carbonyl (C=O) groups is 2. The van der Waals surface area contributed by atoms with Crippen molar-refractivity contribution in [1.29, 1.82) is 0 Å². The third-order valence-electron chi connectivity index (χ3n) is 13.1. The van der Waals surface area contributed by atoms with Crippen molar-refractivity contribution in [3.63, 3.8) is 0 Å². The minimum atomic E-state index is -1.93. The molecule has 0 spiro atoms. The molecule has 0 aromatic heterocycles. The molecule has 1 amide bonds. The Hall–Kier alpha value is -3.40. The van der Waals surface area contributed by atoms with E-state index in [4.69, 9.17) is 30.4 Å². The van der Waals surface area contributed by atoms with Gasteiger partial charge in [0.2, 0.25) is 5.91 Å². The van der Waals surface area contributed by atoms with E-state index in [1.165, 1.54) is 0 Å². The number of esters is 1. The minimum Gasteiger partial charge on any atom is -0.462 e. The lowest BCUT2D eigenvalue weighted by Crippen LogP contribution is -2.56. The lowest BCUT2D eigenvalue weighted by atomic mass is 9.82. The fraction of sp³-hybridized carbons (Fsp3) is 0.680. The van der Waals surface area contributed by atoms with E-state index in [1.807, 2.05) is 73.8 Å². The van der Waals surface area contributed by atoms with Gasteiger partial charge in [-0.2, -0.15) is 0 Å². The molecule has 3 fully saturated rings. The van der Waals surface area contributed by atoms with Crippen LogP contribution in [0, 0.1) is 17.8 Å². The Kier molecular flexibility index (Phi) is 23.7. The smallest absolute Gasteiger partial charge is 0.308 e. The Balaban J connectivity index is 1.53. The predicted octanol–water partition coefficient (Wildman–Crippen LogP) is 1.90. The first-order valence-electron chi connectivity index (χ1n) is 23.9. The van der Waals surface area contributed by atoms with Crippen LogP contribution < -0.4 is 16.8 Å². The molecule has 67 heavy (non-hydrogen) atoms. The van der Waals surface area contributed by atoms with Crippen LogP contribution in [-0.4, -0.2) is 151 Å². The van der Waals surface area contributed by atoms with E-state index in [0.29, 0.717) is 12.8 Å². The van der Waals surface area contributed by atoms with Crippen molar-refractivity contribution in [2.75, 3.05) is 6.61 Å². The van der Waals surface area contributed by atoms with Crippen LogP contribution in [0.25, 0.3) is 0 Å². The second-order valence-electron chi connectivity index (χ2n) is 19.0. The Morgan fingerprint density at radius 2 is 1.33 bits per heavy atom. The van der Waals surface area contributed by atoms with Gasteiger partial charge in [-0.3, -0.25) is 9.59 Å². The molecule has 4 aliphatic rings. The van der Waals surface area contributed by atoms with E-state index in [-0.39, 0.29) is 88.3 Å². The number of nitrogens with two attached hydrogens (primary N) is 2. The van der Waals surface area contributed by atoms with Gasteiger partial charge in [-0.1, -0.05) is 98.9 Å². The summed E-state index contributed by atoms with van der Waals surface area (Å²) in [6.45, 7) is 5.26. The molecule has 17 heteroatoms. The molecular formula is C50H79N3O14. The van der Waals surface area contributed by atoms with Gasteiger partial charge in [-0.15, -0.1) is 0 Å². The van der Waals surface area contributed by atoms with Crippen LogP contribution in [0.5, 0.6) is 0 Å². The fourth-order valence-corrected chi connectivity index (χ4v) is 8.67. The number of aliphatic hydroxyl groups is 8.